The number of unbranched alkanes of at least 4 members (excludes halogenated alkanes) is 1. The predicted octanol–water partition coefficient (Wildman–Crippen LogP) is 3.29. The van der Waals surface area contributed by atoms with Crippen molar-refractivity contribution in [2.24, 2.45) is 17.6 Å². The number of hydrogen-bond acceptors (Lipinski definition) is 2. The van der Waals surface area contributed by atoms with Gasteiger partial charge in [0.25, 0.3) is 0 Å². The molecule has 1 rings (SSSR count). The number of carbonyl (C=O) groups is 1. The second-order valence-corrected chi connectivity index (χ2v) is 5.55. The van der Waals surface area contributed by atoms with Crippen LogP contribution in [-0.4, -0.2) is 11.8 Å². The Kier molecular flexibility index (Phi) is 6.04. The second-order valence-electron chi connectivity index (χ2n) is 5.55. The third-order valence-corrected chi connectivity index (χ3v) is 4.08. The van der Waals surface area contributed by atoms with Crippen molar-refractivity contribution in [2.75, 3.05) is 0 Å². The molecule has 1 fully saturated rings. The van der Waals surface area contributed by atoms with Crippen LogP contribution < -0.4 is 5.73 Å². The Morgan fingerprint density at radius 2 is 1.94 bits per heavy atom. The van der Waals surface area contributed by atoms with Crippen molar-refractivity contribution in [1.29, 1.82) is 0 Å². The Morgan fingerprint density at radius 3 is 2.50 bits per heavy atom. The molecule has 0 radical (unpaired) electrons. The monoisotopic (exact) mass is 225 g/mol. The maximum absolute atomic E-state index is 11.1. The molecule has 2 heteroatoms. The minimum Gasteiger partial charge on any atom is -0.321 e. The molecule has 0 aromatic heterocycles. The zero-order valence-corrected chi connectivity index (χ0v) is 10.9. The lowest BCUT2D eigenvalue weighted by Crippen LogP contribution is -2.35. The number of rotatable bonds is 7. The molecule has 1 aliphatic rings. The van der Waals surface area contributed by atoms with Crippen LogP contribution >= 0.6 is 0 Å². The van der Waals surface area contributed by atoms with Gasteiger partial charge in [-0.2, -0.15) is 0 Å². The van der Waals surface area contributed by atoms with Gasteiger partial charge in [-0.25, -0.2) is 0 Å². The molecule has 0 amide bonds. The van der Waals surface area contributed by atoms with E-state index in [4.69, 9.17) is 5.73 Å². The number of ketones is 1. The summed E-state index contributed by atoms with van der Waals surface area (Å²) in [6.45, 7) is 3.70. The summed E-state index contributed by atoms with van der Waals surface area (Å²) in [5.41, 5.74) is 5.81. The summed E-state index contributed by atoms with van der Waals surface area (Å²) in [7, 11) is 0. The summed E-state index contributed by atoms with van der Waals surface area (Å²) in [5.74, 6) is 1.47. The van der Waals surface area contributed by atoms with Crippen LogP contribution in [0, 0.1) is 11.8 Å². The van der Waals surface area contributed by atoms with Gasteiger partial charge in [-0.05, 0) is 25.2 Å². The van der Waals surface area contributed by atoms with Gasteiger partial charge in [-0.15, -0.1) is 0 Å². The van der Waals surface area contributed by atoms with Crippen molar-refractivity contribution in [2.45, 2.75) is 71.3 Å². The van der Waals surface area contributed by atoms with Gasteiger partial charge in [0.15, 0.2) is 0 Å². The van der Waals surface area contributed by atoms with Crippen LogP contribution in [0.1, 0.15) is 65.2 Å². The van der Waals surface area contributed by atoms with E-state index in [9.17, 15) is 4.79 Å². The molecule has 1 saturated carbocycles. The van der Waals surface area contributed by atoms with Gasteiger partial charge >= 0.3 is 0 Å². The molecular weight excluding hydrogens is 198 g/mol. The predicted molar refractivity (Wildman–Crippen MR) is 68.2 cm³/mol. The number of carbonyl (C=O) groups excluding carboxylic acids is 1. The maximum Gasteiger partial charge on any atom is 0.146 e. The Bertz CT molecular complexity index is 209. The SMILES string of the molecule is CC(=O)C(N)C(C)CCCCC1CCCC1. The van der Waals surface area contributed by atoms with Crippen molar-refractivity contribution >= 4 is 5.78 Å². The highest BCUT2D eigenvalue weighted by atomic mass is 16.1. The molecule has 0 aliphatic heterocycles. The third-order valence-electron chi connectivity index (χ3n) is 4.08. The van der Waals surface area contributed by atoms with E-state index in [-0.39, 0.29) is 11.8 Å². The molecule has 2 nitrogen and oxygen atoms in total. The Balaban J connectivity index is 2.03. The van der Waals surface area contributed by atoms with Crippen LogP contribution in [-0.2, 0) is 4.79 Å². The molecule has 2 unspecified atom stereocenters. The summed E-state index contributed by atoms with van der Waals surface area (Å²) in [4.78, 5) is 11.1. The molecule has 0 aromatic carbocycles. The van der Waals surface area contributed by atoms with Crippen molar-refractivity contribution < 1.29 is 4.79 Å². The highest BCUT2D eigenvalue weighted by Crippen LogP contribution is 2.29. The van der Waals surface area contributed by atoms with Crippen LogP contribution in [0.15, 0.2) is 0 Å². The Labute approximate surface area is 100.0 Å². The summed E-state index contributed by atoms with van der Waals surface area (Å²) < 4.78 is 0. The van der Waals surface area contributed by atoms with E-state index in [0.29, 0.717) is 5.92 Å². The molecule has 1 aliphatic carbocycles. The minimum atomic E-state index is -0.244. The molecule has 16 heavy (non-hydrogen) atoms. The summed E-state index contributed by atoms with van der Waals surface area (Å²) in [5, 5.41) is 0. The normalized spacial score (nSPS) is 20.9. The van der Waals surface area contributed by atoms with Crippen LogP contribution in [0.25, 0.3) is 0 Å². The lowest BCUT2D eigenvalue weighted by Gasteiger charge is -2.17. The largest absolute Gasteiger partial charge is 0.321 e. The fourth-order valence-corrected chi connectivity index (χ4v) is 2.78. The first kappa shape index (κ1) is 13.7. The molecule has 0 heterocycles. The number of hydrogen-bond donors (Lipinski definition) is 1. The van der Waals surface area contributed by atoms with Gasteiger partial charge in [0.1, 0.15) is 5.78 Å². The molecule has 2 atom stereocenters. The fourth-order valence-electron chi connectivity index (χ4n) is 2.78. The van der Waals surface area contributed by atoms with Crippen molar-refractivity contribution in [3.8, 4) is 0 Å². The fraction of sp³-hybridized carbons (Fsp3) is 0.929. The molecule has 94 valence electrons. The van der Waals surface area contributed by atoms with Gasteiger partial charge in [0.05, 0.1) is 6.04 Å². The highest BCUT2D eigenvalue weighted by molar-refractivity contribution is 5.81. The third kappa shape index (κ3) is 4.65. The first-order valence-corrected chi connectivity index (χ1v) is 6.87. The molecule has 0 bridgehead atoms. The molecular formula is C14H27NO. The maximum atomic E-state index is 11.1. The molecule has 0 aromatic rings. The van der Waals surface area contributed by atoms with Gasteiger partial charge in [-0.3, -0.25) is 4.79 Å². The Hall–Kier alpha value is -0.370. The molecule has 2 N–H and O–H groups in total. The van der Waals surface area contributed by atoms with Gasteiger partial charge in [0.2, 0.25) is 0 Å². The smallest absolute Gasteiger partial charge is 0.146 e. The average Bonchev–Trinajstić information content (AvgIpc) is 2.75. The van der Waals surface area contributed by atoms with E-state index in [1.807, 2.05) is 0 Å². The van der Waals surface area contributed by atoms with E-state index < -0.39 is 0 Å². The summed E-state index contributed by atoms with van der Waals surface area (Å²) in [6.07, 6.45) is 10.8. The van der Waals surface area contributed by atoms with E-state index in [1.165, 1.54) is 44.9 Å². The van der Waals surface area contributed by atoms with Crippen LogP contribution in [0.3, 0.4) is 0 Å². The lowest BCUT2D eigenvalue weighted by molar-refractivity contribution is -0.119. The topological polar surface area (TPSA) is 43.1 Å². The van der Waals surface area contributed by atoms with Crippen molar-refractivity contribution in [3.63, 3.8) is 0 Å². The highest BCUT2D eigenvalue weighted by Gasteiger charge is 2.17. The van der Waals surface area contributed by atoms with E-state index >= 15 is 0 Å². The average molecular weight is 225 g/mol. The van der Waals surface area contributed by atoms with E-state index in [0.717, 1.165) is 12.3 Å². The van der Waals surface area contributed by atoms with E-state index in [2.05, 4.69) is 6.92 Å². The standard InChI is InChI=1S/C14H27NO/c1-11(14(15)12(2)16)7-3-4-8-13-9-5-6-10-13/h11,13-14H,3-10,15H2,1-2H3. The second kappa shape index (κ2) is 7.05. The van der Waals surface area contributed by atoms with Crippen molar-refractivity contribution in [1.82, 2.24) is 0 Å². The van der Waals surface area contributed by atoms with Crippen LogP contribution in [0.2, 0.25) is 0 Å². The first-order chi connectivity index (χ1) is 7.61. The van der Waals surface area contributed by atoms with Crippen LogP contribution in [0.5, 0.6) is 0 Å². The van der Waals surface area contributed by atoms with E-state index in [1.54, 1.807) is 6.92 Å². The zero-order chi connectivity index (χ0) is 12.0. The number of Topliss-reactive ketones (excluding diaryl/α,β-unsaturated/α-hetero) is 1. The minimum absolute atomic E-state index is 0.128. The van der Waals surface area contributed by atoms with Gasteiger partial charge < -0.3 is 5.73 Å². The van der Waals surface area contributed by atoms with Gasteiger partial charge in [-0.1, -0.05) is 51.9 Å². The molecule has 0 spiro atoms. The summed E-state index contributed by atoms with van der Waals surface area (Å²) >= 11 is 0. The van der Waals surface area contributed by atoms with Crippen LogP contribution in [0.4, 0.5) is 0 Å². The number of nitrogens with two attached hydrogens (primary N) is 1. The molecule has 0 saturated heterocycles. The van der Waals surface area contributed by atoms with Gasteiger partial charge in [0, 0.05) is 0 Å². The Morgan fingerprint density at radius 1 is 1.31 bits per heavy atom. The lowest BCUT2D eigenvalue weighted by atomic mass is 9.92. The zero-order valence-electron chi connectivity index (χ0n) is 10.9. The summed E-state index contributed by atoms with van der Waals surface area (Å²) in [6, 6.07) is -0.244. The first-order valence-electron chi connectivity index (χ1n) is 6.87. The van der Waals surface area contributed by atoms with Crippen molar-refractivity contribution in [3.05, 3.63) is 0 Å². The quantitative estimate of drug-likeness (QED) is 0.676.